The highest BCUT2D eigenvalue weighted by Gasteiger charge is 2.35. The van der Waals surface area contributed by atoms with Crippen LogP contribution in [-0.2, 0) is 4.79 Å². The number of likely N-dealkylation sites (N-methyl/N-ethyl adjacent to an activating group) is 1. The zero-order valence-corrected chi connectivity index (χ0v) is 11.9. The van der Waals surface area contributed by atoms with Gasteiger partial charge in [-0.3, -0.25) is 9.69 Å². The number of piperidine rings is 1. The third kappa shape index (κ3) is 2.98. The molecule has 4 nitrogen and oxygen atoms in total. The van der Waals surface area contributed by atoms with Crippen LogP contribution in [0.3, 0.4) is 0 Å². The Balaban J connectivity index is 0.00000120. The SMILES string of the molecule is CN(C(=O)CN1CCC2NCCC2C1)C1CC1.Cl. The highest BCUT2D eigenvalue weighted by Crippen LogP contribution is 2.27. The molecule has 2 saturated heterocycles. The van der Waals surface area contributed by atoms with Gasteiger partial charge in [-0.2, -0.15) is 0 Å². The molecule has 0 bridgehead atoms. The molecule has 104 valence electrons. The first-order valence-electron chi connectivity index (χ1n) is 6.95. The van der Waals surface area contributed by atoms with Crippen molar-refractivity contribution in [2.45, 2.75) is 37.8 Å². The van der Waals surface area contributed by atoms with Crippen LogP contribution in [0.1, 0.15) is 25.7 Å². The summed E-state index contributed by atoms with van der Waals surface area (Å²) in [6, 6.07) is 1.27. The molecule has 3 aliphatic rings. The lowest BCUT2D eigenvalue weighted by Gasteiger charge is -2.35. The molecule has 0 aromatic heterocycles. The molecule has 3 rings (SSSR count). The van der Waals surface area contributed by atoms with Crippen LogP contribution in [0.15, 0.2) is 0 Å². The first-order valence-corrected chi connectivity index (χ1v) is 6.95. The van der Waals surface area contributed by atoms with Gasteiger partial charge >= 0.3 is 0 Å². The van der Waals surface area contributed by atoms with Crippen molar-refractivity contribution in [1.29, 1.82) is 0 Å². The van der Waals surface area contributed by atoms with Crippen LogP contribution >= 0.6 is 12.4 Å². The number of nitrogens with zero attached hydrogens (tertiary/aromatic N) is 2. The van der Waals surface area contributed by atoms with Crippen LogP contribution in [-0.4, -0.2) is 61.0 Å². The van der Waals surface area contributed by atoms with Crippen molar-refractivity contribution in [3.63, 3.8) is 0 Å². The van der Waals surface area contributed by atoms with Crippen molar-refractivity contribution in [2.75, 3.05) is 33.2 Å². The third-order valence-corrected chi connectivity index (χ3v) is 4.59. The van der Waals surface area contributed by atoms with E-state index in [1.807, 2.05) is 11.9 Å². The van der Waals surface area contributed by atoms with E-state index in [0.29, 0.717) is 18.5 Å². The molecule has 1 amide bonds. The lowest BCUT2D eigenvalue weighted by atomic mass is 9.93. The first kappa shape index (κ1) is 14.1. The summed E-state index contributed by atoms with van der Waals surface area (Å²) in [7, 11) is 1.96. The van der Waals surface area contributed by atoms with E-state index >= 15 is 0 Å². The maximum atomic E-state index is 12.1. The molecule has 2 atom stereocenters. The van der Waals surface area contributed by atoms with E-state index in [2.05, 4.69) is 10.2 Å². The van der Waals surface area contributed by atoms with Crippen LogP contribution in [0.4, 0.5) is 0 Å². The second kappa shape index (κ2) is 5.76. The molecule has 2 unspecified atom stereocenters. The molecule has 0 aromatic rings. The van der Waals surface area contributed by atoms with Crippen molar-refractivity contribution >= 4 is 18.3 Å². The van der Waals surface area contributed by atoms with E-state index in [0.717, 1.165) is 25.0 Å². The van der Waals surface area contributed by atoms with Gasteiger partial charge in [0.2, 0.25) is 5.91 Å². The topological polar surface area (TPSA) is 35.6 Å². The molecule has 3 fully saturated rings. The smallest absolute Gasteiger partial charge is 0.236 e. The van der Waals surface area contributed by atoms with Gasteiger partial charge in [0, 0.05) is 32.2 Å². The lowest BCUT2D eigenvalue weighted by molar-refractivity contribution is -0.132. The second-order valence-corrected chi connectivity index (χ2v) is 5.87. The molecule has 0 spiro atoms. The predicted molar refractivity (Wildman–Crippen MR) is 74.0 cm³/mol. The standard InChI is InChI=1S/C13H23N3O.ClH/c1-15(11-2-3-11)13(17)9-16-7-5-12-10(8-16)4-6-14-12;/h10-12,14H,2-9H2,1H3;1H. The monoisotopic (exact) mass is 273 g/mol. The van der Waals surface area contributed by atoms with Crippen molar-refractivity contribution in [3.05, 3.63) is 0 Å². The number of halogens is 1. The van der Waals surface area contributed by atoms with Crippen LogP contribution in [0, 0.1) is 5.92 Å². The van der Waals surface area contributed by atoms with Gasteiger partial charge in [-0.05, 0) is 38.1 Å². The van der Waals surface area contributed by atoms with Gasteiger partial charge in [0.15, 0.2) is 0 Å². The summed E-state index contributed by atoms with van der Waals surface area (Å²) in [6.07, 6.45) is 4.91. The molecular weight excluding hydrogens is 250 g/mol. The van der Waals surface area contributed by atoms with Crippen LogP contribution < -0.4 is 5.32 Å². The Morgan fingerprint density at radius 2 is 2.11 bits per heavy atom. The number of hydrogen-bond acceptors (Lipinski definition) is 3. The minimum Gasteiger partial charge on any atom is -0.342 e. The Labute approximate surface area is 115 Å². The molecular formula is C13H24ClN3O. The molecule has 1 aliphatic carbocycles. The Morgan fingerprint density at radius 1 is 1.33 bits per heavy atom. The van der Waals surface area contributed by atoms with Gasteiger partial charge in [0.05, 0.1) is 6.54 Å². The quantitative estimate of drug-likeness (QED) is 0.823. The number of nitrogens with one attached hydrogen (secondary N) is 1. The number of hydrogen-bond donors (Lipinski definition) is 1. The fourth-order valence-electron chi connectivity index (χ4n) is 3.23. The number of fused-ring (bicyclic) bond motifs is 1. The van der Waals surface area contributed by atoms with E-state index in [9.17, 15) is 4.79 Å². The summed E-state index contributed by atoms with van der Waals surface area (Å²) in [5, 5.41) is 3.56. The fraction of sp³-hybridized carbons (Fsp3) is 0.923. The summed E-state index contributed by atoms with van der Waals surface area (Å²) >= 11 is 0. The van der Waals surface area contributed by atoms with E-state index in [1.54, 1.807) is 0 Å². The van der Waals surface area contributed by atoms with Crippen molar-refractivity contribution < 1.29 is 4.79 Å². The Kier molecular flexibility index (Phi) is 4.51. The second-order valence-electron chi connectivity index (χ2n) is 5.87. The average Bonchev–Trinajstić information content (AvgIpc) is 3.07. The Bertz CT molecular complexity index is 309. The maximum Gasteiger partial charge on any atom is 0.236 e. The van der Waals surface area contributed by atoms with Crippen LogP contribution in [0.2, 0.25) is 0 Å². The highest BCUT2D eigenvalue weighted by atomic mass is 35.5. The number of likely N-dealkylation sites (tertiary alicyclic amines) is 1. The van der Waals surface area contributed by atoms with Crippen molar-refractivity contribution in [2.24, 2.45) is 5.92 Å². The van der Waals surface area contributed by atoms with E-state index in [1.165, 1.54) is 32.2 Å². The van der Waals surface area contributed by atoms with Gasteiger partial charge in [0.25, 0.3) is 0 Å². The Hall–Kier alpha value is -0.320. The van der Waals surface area contributed by atoms with E-state index in [4.69, 9.17) is 0 Å². The summed E-state index contributed by atoms with van der Waals surface area (Å²) in [6.45, 7) is 4.00. The van der Waals surface area contributed by atoms with Crippen molar-refractivity contribution in [3.8, 4) is 0 Å². The lowest BCUT2D eigenvalue weighted by Crippen LogP contribution is -2.48. The highest BCUT2D eigenvalue weighted by molar-refractivity contribution is 5.85. The maximum absolute atomic E-state index is 12.1. The van der Waals surface area contributed by atoms with E-state index < -0.39 is 0 Å². The van der Waals surface area contributed by atoms with Crippen LogP contribution in [0.5, 0.6) is 0 Å². The largest absolute Gasteiger partial charge is 0.342 e. The minimum atomic E-state index is 0. The number of carbonyl (C=O) groups excluding carboxylic acids is 1. The average molecular weight is 274 g/mol. The molecule has 2 heterocycles. The fourth-order valence-corrected chi connectivity index (χ4v) is 3.23. The normalized spacial score (nSPS) is 31.6. The molecule has 18 heavy (non-hydrogen) atoms. The number of carbonyl (C=O) groups is 1. The molecule has 2 aliphatic heterocycles. The molecule has 0 radical (unpaired) electrons. The Morgan fingerprint density at radius 3 is 2.83 bits per heavy atom. The third-order valence-electron chi connectivity index (χ3n) is 4.59. The molecule has 5 heteroatoms. The summed E-state index contributed by atoms with van der Waals surface area (Å²) in [4.78, 5) is 16.4. The van der Waals surface area contributed by atoms with Gasteiger partial charge in [0.1, 0.15) is 0 Å². The number of rotatable bonds is 3. The van der Waals surface area contributed by atoms with Crippen molar-refractivity contribution in [1.82, 2.24) is 15.1 Å². The summed E-state index contributed by atoms with van der Waals surface area (Å²) in [5.41, 5.74) is 0. The number of amides is 1. The zero-order chi connectivity index (χ0) is 11.8. The first-order chi connectivity index (χ1) is 8.24. The molecule has 1 saturated carbocycles. The minimum absolute atomic E-state index is 0. The zero-order valence-electron chi connectivity index (χ0n) is 11.1. The van der Waals surface area contributed by atoms with Gasteiger partial charge in [-0.1, -0.05) is 0 Å². The van der Waals surface area contributed by atoms with Crippen LogP contribution in [0.25, 0.3) is 0 Å². The van der Waals surface area contributed by atoms with Gasteiger partial charge in [-0.25, -0.2) is 0 Å². The summed E-state index contributed by atoms with van der Waals surface area (Å²) < 4.78 is 0. The van der Waals surface area contributed by atoms with Gasteiger partial charge in [-0.15, -0.1) is 12.4 Å². The molecule has 0 aromatic carbocycles. The van der Waals surface area contributed by atoms with Gasteiger partial charge < -0.3 is 10.2 Å². The summed E-state index contributed by atoms with van der Waals surface area (Å²) in [5.74, 6) is 1.10. The molecule has 1 N–H and O–H groups in total. The predicted octanol–water partition coefficient (Wildman–Crippen LogP) is 0.713. The van der Waals surface area contributed by atoms with E-state index in [-0.39, 0.29) is 12.4 Å².